The molecular weight excluding hydrogens is 482 g/mol. The Morgan fingerprint density at radius 1 is 0.946 bits per heavy atom. The molecule has 0 aliphatic carbocycles. The third-order valence-electron chi connectivity index (χ3n) is 7.34. The molecule has 1 amide bonds. The Morgan fingerprint density at radius 3 is 2.43 bits per heavy atom. The monoisotopic (exact) mass is 511 g/mol. The van der Waals surface area contributed by atoms with Crippen molar-refractivity contribution in [1.29, 1.82) is 0 Å². The van der Waals surface area contributed by atoms with Gasteiger partial charge in [0.05, 0.1) is 17.5 Å². The normalized spacial score (nSPS) is 19.7. The molecule has 1 saturated heterocycles. The average molecular weight is 512 g/mol. The van der Waals surface area contributed by atoms with Gasteiger partial charge in [-0.15, -0.1) is 0 Å². The van der Waals surface area contributed by atoms with Crippen LogP contribution in [0, 0.1) is 11.7 Å². The highest BCUT2D eigenvalue weighted by Gasteiger charge is 2.42. The van der Waals surface area contributed by atoms with Gasteiger partial charge in [-0.2, -0.15) is 13.2 Å². The van der Waals surface area contributed by atoms with Gasteiger partial charge in [-0.25, -0.2) is 4.39 Å². The maximum absolute atomic E-state index is 13.4. The number of piperazine rings is 1. The van der Waals surface area contributed by atoms with Crippen LogP contribution in [0.2, 0.25) is 0 Å². The molecule has 1 fully saturated rings. The van der Waals surface area contributed by atoms with E-state index in [1.165, 1.54) is 18.2 Å². The second-order valence-corrected chi connectivity index (χ2v) is 9.80. The van der Waals surface area contributed by atoms with Gasteiger partial charge in [0.2, 0.25) is 5.91 Å². The van der Waals surface area contributed by atoms with Crippen molar-refractivity contribution in [3.05, 3.63) is 101 Å². The van der Waals surface area contributed by atoms with Crippen LogP contribution in [0.5, 0.6) is 0 Å². The predicted molar refractivity (Wildman–Crippen MR) is 135 cm³/mol. The first kappa shape index (κ1) is 25.3. The number of halogens is 4. The zero-order chi connectivity index (χ0) is 26.0. The fraction of sp³-hybridized carbons (Fsp3) is 0.345. The van der Waals surface area contributed by atoms with Crippen LogP contribution in [-0.4, -0.2) is 43.0 Å². The number of alkyl halides is 3. The lowest BCUT2D eigenvalue weighted by molar-refractivity contribution is -0.137. The van der Waals surface area contributed by atoms with Crippen molar-refractivity contribution < 1.29 is 22.4 Å². The number of fused-ring (bicyclic) bond motifs is 3. The maximum Gasteiger partial charge on any atom is 0.416 e. The van der Waals surface area contributed by atoms with Gasteiger partial charge in [-0.05, 0) is 59.9 Å². The van der Waals surface area contributed by atoms with Crippen LogP contribution in [0.1, 0.15) is 22.3 Å². The molecule has 0 spiro atoms. The second kappa shape index (κ2) is 10.5. The van der Waals surface area contributed by atoms with Crippen molar-refractivity contribution in [1.82, 2.24) is 10.2 Å². The maximum atomic E-state index is 13.4. The molecule has 37 heavy (non-hydrogen) atoms. The molecule has 2 atom stereocenters. The minimum Gasteiger partial charge on any atom is -0.365 e. The molecular formula is C29H29F4N3O. The first-order valence-corrected chi connectivity index (χ1v) is 12.5. The summed E-state index contributed by atoms with van der Waals surface area (Å²) in [5.41, 5.74) is 2.72. The topological polar surface area (TPSA) is 35.6 Å². The van der Waals surface area contributed by atoms with Gasteiger partial charge in [0.25, 0.3) is 0 Å². The van der Waals surface area contributed by atoms with Crippen molar-refractivity contribution >= 4 is 11.6 Å². The Morgan fingerprint density at radius 2 is 1.70 bits per heavy atom. The van der Waals surface area contributed by atoms with Gasteiger partial charge in [0.1, 0.15) is 5.82 Å². The Hall–Kier alpha value is -3.39. The van der Waals surface area contributed by atoms with Gasteiger partial charge < -0.3 is 10.2 Å². The summed E-state index contributed by atoms with van der Waals surface area (Å²) in [5.74, 6) is -0.914. The van der Waals surface area contributed by atoms with Crippen molar-refractivity contribution in [2.24, 2.45) is 5.92 Å². The Kier molecular flexibility index (Phi) is 7.20. The standard InChI is InChI=1S/C29H29F4N3O/c30-24-9-6-21(7-10-24)18-35-14-15-36-26-11-8-23(29(31,32)33)16-22(26)17-25(27(36)19-35)28(37)34-13-12-20-4-2-1-3-5-20/h1-11,16,25,27H,12-15,17-19H2,(H,34,37)/t25-,27-/m1/s1. The third kappa shape index (κ3) is 5.80. The van der Waals surface area contributed by atoms with Crippen LogP contribution in [-0.2, 0) is 30.4 Å². The summed E-state index contributed by atoms with van der Waals surface area (Å²) in [6, 6.07) is 19.9. The van der Waals surface area contributed by atoms with Gasteiger partial charge in [0.15, 0.2) is 0 Å². The van der Waals surface area contributed by atoms with E-state index in [9.17, 15) is 22.4 Å². The molecule has 4 nitrogen and oxygen atoms in total. The van der Waals surface area contributed by atoms with E-state index < -0.39 is 17.7 Å². The largest absolute Gasteiger partial charge is 0.416 e. The van der Waals surface area contributed by atoms with Crippen LogP contribution in [0.15, 0.2) is 72.8 Å². The molecule has 0 bridgehead atoms. The molecule has 194 valence electrons. The van der Waals surface area contributed by atoms with E-state index in [0.29, 0.717) is 44.7 Å². The van der Waals surface area contributed by atoms with Crippen LogP contribution in [0.3, 0.4) is 0 Å². The van der Waals surface area contributed by atoms with Crippen molar-refractivity contribution in [3.8, 4) is 0 Å². The zero-order valence-corrected chi connectivity index (χ0v) is 20.3. The first-order valence-electron chi connectivity index (χ1n) is 12.5. The quantitative estimate of drug-likeness (QED) is 0.470. The molecule has 3 aromatic carbocycles. The molecule has 2 aliphatic rings. The highest BCUT2D eigenvalue weighted by atomic mass is 19.4. The number of amides is 1. The number of rotatable bonds is 6. The molecule has 2 aliphatic heterocycles. The van der Waals surface area contributed by atoms with Gasteiger partial charge in [-0.3, -0.25) is 9.69 Å². The van der Waals surface area contributed by atoms with Crippen LogP contribution in [0.25, 0.3) is 0 Å². The number of nitrogens with one attached hydrogen (secondary N) is 1. The Balaban J connectivity index is 1.36. The number of hydrogen-bond donors (Lipinski definition) is 1. The van der Waals surface area contributed by atoms with Gasteiger partial charge >= 0.3 is 6.18 Å². The minimum atomic E-state index is -4.44. The fourth-order valence-corrected chi connectivity index (χ4v) is 5.46. The number of nitrogens with zero attached hydrogens (tertiary/aromatic N) is 2. The molecule has 2 heterocycles. The van der Waals surface area contributed by atoms with E-state index in [1.807, 2.05) is 30.3 Å². The van der Waals surface area contributed by atoms with Crippen LogP contribution < -0.4 is 10.2 Å². The lowest BCUT2D eigenvalue weighted by atomic mass is 9.82. The second-order valence-electron chi connectivity index (χ2n) is 9.80. The van der Waals surface area contributed by atoms with E-state index in [2.05, 4.69) is 15.1 Å². The summed E-state index contributed by atoms with van der Waals surface area (Å²) in [4.78, 5) is 17.7. The van der Waals surface area contributed by atoms with Gasteiger partial charge in [-0.1, -0.05) is 42.5 Å². The SMILES string of the molecule is O=C(NCCc1ccccc1)[C@@H]1Cc2cc(C(F)(F)F)ccc2N2CCN(Cc3ccc(F)cc3)C[C@H]12. The van der Waals surface area contributed by atoms with Crippen molar-refractivity contribution in [2.75, 3.05) is 31.1 Å². The Bertz CT molecular complexity index is 1230. The van der Waals surface area contributed by atoms with Crippen molar-refractivity contribution in [3.63, 3.8) is 0 Å². The lowest BCUT2D eigenvalue weighted by Gasteiger charge is -2.49. The highest BCUT2D eigenvalue weighted by molar-refractivity contribution is 5.82. The zero-order valence-electron chi connectivity index (χ0n) is 20.3. The van der Waals surface area contributed by atoms with Crippen LogP contribution in [0.4, 0.5) is 23.2 Å². The van der Waals surface area contributed by atoms with E-state index in [1.54, 1.807) is 18.2 Å². The average Bonchev–Trinajstić information content (AvgIpc) is 2.89. The van der Waals surface area contributed by atoms with E-state index in [4.69, 9.17) is 0 Å². The minimum absolute atomic E-state index is 0.141. The number of anilines is 1. The fourth-order valence-electron chi connectivity index (χ4n) is 5.46. The molecule has 8 heteroatoms. The number of carbonyl (C=O) groups is 1. The lowest BCUT2D eigenvalue weighted by Crippen LogP contribution is -2.61. The summed E-state index contributed by atoms with van der Waals surface area (Å²) in [6.45, 7) is 2.96. The molecule has 0 saturated carbocycles. The number of carbonyl (C=O) groups excluding carboxylic acids is 1. The molecule has 3 aromatic rings. The van der Waals surface area contributed by atoms with Crippen LogP contribution >= 0.6 is 0 Å². The first-order chi connectivity index (χ1) is 17.8. The summed E-state index contributed by atoms with van der Waals surface area (Å²) >= 11 is 0. The third-order valence-corrected chi connectivity index (χ3v) is 7.34. The summed E-state index contributed by atoms with van der Waals surface area (Å²) in [5, 5.41) is 3.03. The number of hydrogen-bond acceptors (Lipinski definition) is 3. The molecule has 0 aromatic heterocycles. The predicted octanol–water partition coefficient (Wildman–Crippen LogP) is 5.07. The molecule has 5 rings (SSSR count). The highest BCUT2D eigenvalue weighted by Crippen LogP contribution is 2.40. The molecule has 1 N–H and O–H groups in total. The smallest absolute Gasteiger partial charge is 0.365 e. The van der Waals surface area contributed by atoms with Gasteiger partial charge in [0, 0.05) is 38.4 Å². The van der Waals surface area contributed by atoms with Crippen molar-refractivity contribution in [2.45, 2.75) is 31.6 Å². The van der Waals surface area contributed by atoms with E-state index >= 15 is 0 Å². The summed E-state index contributed by atoms with van der Waals surface area (Å²) < 4.78 is 53.6. The summed E-state index contributed by atoms with van der Waals surface area (Å²) in [7, 11) is 0. The van der Waals surface area contributed by atoms with E-state index in [-0.39, 0.29) is 24.2 Å². The molecule has 0 radical (unpaired) electrons. The molecule has 0 unspecified atom stereocenters. The van der Waals surface area contributed by atoms with E-state index in [0.717, 1.165) is 22.9 Å². The number of benzene rings is 3. The summed E-state index contributed by atoms with van der Waals surface area (Å²) in [6.07, 6.45) is -3.51. The Labute approximate surface area is 213 Å².